The quantitative estimate of drug-likeness (QED) is 0.621. The summed E-state index contributed by atoms with van der Waals surface area (Å²) in [5, 5.41) is 4.73. The third kappa shape index (κ3) is 4.62. The van der Waals surface area contributed by atoms with E-state index in [-0.39, 0.29) is 23.1 Å². The number of hydrogen-bond acceptors (Lipinski definition) is 3. The number of rotatable bonds is 4. The van der Waals surface area contributed by atoms with Gasteiger partial charge in [0, 0.05) is 37.3 Å². The lowest BCUT2D eigenvalue weighted by Gasteiger charge is -2.39. The van der Waals surface area contributed by atoms with Crippen molar-refractivity contribution in [2.45, 2.75) is 32.1 Å². The lowest BCUT2D eigenvalue weighted by Crippen LogP contribution is -2.44. The maximum absolute atomic E-state index is 13.0. The largest absolute Gasteiger partial charge is 0.342 e. The van der Waals surface area contributed by atoms with Crippen LogP contribution in [-0.4, -0.2) is 47.8 Å². The molecule has 1 spiro atoms. The Hall–Kier alpha value is -2.11. The molecular weight excluding hydrogens is 416 g/mol. The van der Waals surface area contributed by atoms with Gasteiger partial charge in [0.05, 0.1) is 5.92 Å². The fourth-order valence-corrected chi connectivity index (χ4v) is 5.30. The van der Waals surface area contributed by atoms with Crippen molar-refractivity contribution in [1.29, 1.82) is 0 Å². The lowest BCUT2D eigenvalue weighted by molar-refractivity contribution is -0.133. The van der Waals surface area contributed by atoms with E-state index in [4.69, 9.17) is 11.6 Å². The standard InChI is InChI=1S/C24H27ClN2O2S/c1-18(20-3-5-21(25)6-4-20)23(29)27-14-11-24(17-27)9-12-26(13-10-24)22(28)7-2-19-8-15-30-16-19/h2-8,15-16,18H,9-14,17H2,1H3/b7-2+. The van der Waals surface area contributed by atoms with E-state index in [2.05, 4.69) is 0 Å². The van der Waals surface area contributed by atoms with Crippen LogP contribution in [0.1, 0.15) is 43.2 Å². The molecule has 2 saturated heterocycles. The molecule has 4 nitrogen and oxygen atoms in total. The number of amides is 2. The Morgan fingerprint density at radius 1 is 1.07 bits per heavy atom. The van der Waals surface area contributed by atoms with Crippen LogP contribution in [0.4, 0.5) is 0 Å². The van der Waals surface area contributed by atoms with Gasteiger partial charge in [-0.05, 0) is 77.8 Å². The summed E-state index contributed by atoms with van der Waals surface area (Å²) < 4.78 is 0. The first-order valence-electron chi connectivity index (χ1n) is 10.5. The molecule has 6 heteroatoms. The molecule has 2 fully saturated rings. The number of hydrogen-bond donors (Lipinski definition) is 0. The normalized spacial score (nSPS) is 19.5. The predicted octanol–water partition coefficient (Wildman–Crippen LogP) is 5.06. The molecule has 158 valence electrons. The van der Waals surface area contributed by atoms with Gasteiger partial charge in [0.2, 0.25) is 11.8 Å². The topological polar surface area (TPSA) is 40.6 Å². The highest BCUT2D eigenvalue weighted by atomic mass is 35.5. The number of benzene rings is 1. The van der Waals surface area contributed by atoms with E-state index in [0.717, 1.165) is 56.6 Å². The van der Waals surface area contributed by atoms with E-state index >= 15 is 0 Å². The van der Waals surface area contributed by atoms with Crippen molar-refractivity contribution in [2.75, 3.05) is 26.2 Å². The Kier molecular flexibility index (Phi) is 6.30. The van der Waals surface area contributed by atoms with Crippen molar-refractivity contribution in [3.8, 4) is 0 Å². The highest BCUT2D eigenvalue weighted by Gasteiger charge is 2.43. The zero-order valence-electron chi connectivity index (χ0n) is 17.2. The van der Waals surface area contributed by atoms with Gasteiger partial charge >= 0.3 is 0 Å². The molecule has 1 unspecified atom stereocenters. The van der Waals surface area contributed by atoms with Gasteiger partial charge in [-0.1, -0.05) is 23.7 Å². The number of piperidine rings is 1. The zero-order chi connectivity index (χ0) is 21.1. The van der Waals surface area contributed by atoms with E-state index in [1.165, 1.54) is 0 Å². The van der Waals surface area contributed by atoms with Gasteiger partial charge in [-0.25, -0.2) is 0 Å². The molecule has 2 aliphatic rings. The minimum atomic E-state index is -0.165. The molecule has 2 aliphatic heterocycles. The maximum atomic E-state index is 13.0. The monoisotopic (exact) mass is 442 g/mol. The second-order valence-corrected chi connectivity index (χ2v) is 9.71. The van der Waals surface area contributed by atoms with Crippen molar-refractivity contribution in [3.05, 3.63) is 63.3 Å². The van der Waals surface area contributed by atoms with Crippen LogP contribution in [0, 0.1) is 5.41 Å². The molecule has 30 heavy (non-hydrogen) atoms. The van der Waals surface area contributed by atoms with Crippen LogP contribution in [0.3, 0.4) is 0 Å². The summed E-state index contributed by atoms with van der Waals surface area (Å²) >= 11 is 7.60. The van der Waals surface area contributed by atoms with E-state index < -0.39 is 0 Å². The van der Waals surface area contributed by atoms with Crippen LogP contribution in [0.15, 0.2) is 47.2 Å². The molecule has 0 N–H and O–H groups in total. The molecule has 2 amide bonds. The van der Waals surface area contributed by atoms with Crippen molar-refractivity contribution in [3.63, 3.8) is 0 Å². The van der Waals surface area contributed by atoms with E-state index in [0.29, 0.717) is 5.02 Å². The van der Waals surface area contributed by atoms with Crippen LogP contribution in [0.2, 0.25) is 5.02 Å². The average molecular weight is 443 g/mol. The predicted molar refractivity (Wildman–Crippen MR) is 123 cm³/mol. The second kappa shape index (κ2) is 8.94. The molecule has 0 radical (unpaired) electrons. The van der Waals surface area contributed by atoms with Gasteiger partial charge in [0.1, 0.15) is 0 Å². The number of carbonyl (C=O) groups is 2. The summed E-state index contributed by atoms with van der Waals surface area (Å²) in [6.07, 6.45) is 6.52. The highest BCUT2D eigenvalue weighted by molar-refractivity contribution is 7.08. The number of halogens is 1. The van der Waals surface area contributed by atoms with Crippen molar-refractivity contribution in [1.82, 2.24) is 9.80 Å². The number of nitrogens with zero attached hydrogens (tertiary/aromatic N) is 2. The molecular formula is C24H27ClN2O2S. The first kappa shape index (κ1) is 21.1. The second-order valence-electron chi connectivity index (χ2n) is 8.50. The first-order valence-corrected chi connectivity index (χ1v) is 11.8. The summed E-state index contributed by atoms with van der Waals surface area (Å²) in [7, 11) is 0. The number of likely N-dealkylation sites (tertiary alicyclic amines) is 2. The summed E-state index contributed by atoms with van der Waals surface area (Å²) in [6, 6.07) is 9.56. The Labute approximate surface area is 187 Å². The molecule has 0 saturated carbocycles. The number of thiophene rings is 1. The molecule has 1 aromatic carbocycles. The van der Waals surface area contributed by atoms with Crippen LogP contribution >= 0.6 is 22.9 Å². The van der Waals surface area contributed by atoms with E-state index in [1.807, 2.05) is 63.9 Å². The third-order valence-electron chi connectivity index (χ3n) is 6.59. The summed E-state index contributed by atoms with van der Waals surface area (Å²) in [5.41, 5.74) is 2.23. The molecule has 0 bridgehead atoms. The van der Waals surface area contributed by atoms with Gasteiger partial charge < -0.3 is 9.80 Å². The fourth-order valence-electron chi connectivity index (χ4n) is 4.54. The summed E-state index contributed by atoms with van der Waals surface area (Å²) in [5.74, 6) is 0.103. The molecule has 1 atom stereocenters. The Balaban J connectivity index is 1.31. The van der Waals surface area contributed by atoms with Crippen LogP contribution < -0.4 is 0 Å². The van der Waals surface area contributed by atoms with Gasteiger partial charge in [-0.2, -0.15) is 11.3 Å². The number of carbonyl (C=O) groups excluding carboxylic acids is 2. The molecule has 4 rings (SSSR count). The average Bonchev–Trinajstić information content (AvgIpc) is 3.43. The molecule has 0 aliphatic carbocycles. The lowest BCUT2D eigenvalue weighted by atomic mass is 9.77. The van der Waals surface area contributed by atoms with Crippen molar-refractivity contribution < 1.29 is 9.59 Å². The van der Waals surface area contributed by atoms with Gasteiger partial charge in [-0.15, -0.1) is 0 Å². The van der Waals surface area contributed by atoms with E-state index in [1.54, 1.807) is 17.4 Å². The van der Waals surface area contributed by atoms with Crippen molar-refractivity contribution in [2.24, 2.45) is 5.41 Å². The van der Waals surface area contributed by atoms with Crippen LogP contribution in [-0.2, 0) is 9.59 Å². The highest BCUT2D eigenvalue weighted by Crippen LogP contribution is 2.41. The molecule has 2 aromatic rings. The molecule has 1 aromatic heterocycles. The summed E-state index contributed by atoms with van der Waals surface area (Å²) in [6.45, 7) is 5.11. The Bertz CT molecular complexity index is 915. The van der Waals surface area contributed by atoms with Gasteiger partial charge in [0.15, 0.2) is 0 Å². The van der Waals surface area contributed by atoms with Gasteiger partial charge in [-0.3, -0.25) is 9.59 Å². The SMILES string of the molecule is CC(C(=O)N1CCC2(CCN(C(=O)/C=C/c3ccsc3)CC2)C1)c1ccc(Cl)cc1. The zero-order valence-corrected chi connectivity index (χ0v) is 18.8. The fraction of sp³-hybridized carbons (Fsp3) is 0.417. The van der Waals surface area contributed by atoms with Crippen LogP contribution in [0.5, 0.6) is 0 Å². The van der Waals surface area contributed by atoms with Gasteiger partial charge in [0.25, 0.3) is 0 Å². The van der Waals surface area contributed by atoms with Crippen molar-refractivity contribution >= 4 is 40.8 Å². The third-order valence-corrected chi connectivity index (χ3v) is 7.54. The minimum absolute atomic E-state index is 0.0818. The van der Waals surface area contributed by atoms with Crippen LogP contribution in [0.25, 0.3) is 6.08 Å². The minimum Gasteiger partial charge on any atom is -0.342 e. The Morgan fingerprint density at radius 3 is 2.37 bits per heavy atom. The first-order chi connectivity index (χ1) is 14.5. The maximum Gasteiger partial charge on any atom is 0.246 e. The van der Waals surface area contributed by atoms with E-state index in [9.17, 15) is 9.59 Å². The smallest absolute Gasteiger partial charge is 0.246 e. The summed E-state index contributed by atoms with van der Waals surface area (Å²) in [4.78, 5) is 29.5. The molecule has 3 heterocycles. The Morgan fingerprint density at radius 2 is 1.73 bits per heavy atom.